The third-order valence-corrected chi connectivity index (χ3v) is 10.1. The van der Waals surface area contributed by atoms with E-state index in [4.69, 9.17) is 18.9 Å². The molecule has 0 bridgehead atoms. The molecule has 2 unspecified atom stereocenters. The zero-order valence-corrected chi connectivity index (χ0v) is 29.5. The first-order valence-electron chi connectivity index (χ1n) is 17.7. The van der Waals surface area contributed by atoms with Crippen LogP contribution in [0.4, 0.5) is 4.39 Å². The molecule has 2 aromatic carbocycles. The molecule has 11 nitrogen and oxygen atoms in total. The summed E-state index contributed by atoms with van der Waals surface area (Å²) in [6.07, 6.45) is 6.25. The largest absolute Gasteiger partial charge is 0.493 e. The molecule has 2 atom stereocenters. The van der Waals surface area contributed by atoms with Gasteiger partial charge in [-0.15, -0.1) is 0 Å². The number of ether oxygens (including phenoxy) is 4. The van der Waals surface area contributed by atoms with Gasteiger partial charge in [0.1, 0.15) is 11.2 Å². The number of hydrogen-bond acceptors (Lipinski definition) is 9. The van der Waals surface area contributed by atoms with Crippen LogP contribution < -0.4 is 19.5 Å². The molecule has 2 fully saturated rings. The fraction of sp³-hybridized carbons (Fsp3) is 0.553. The van der Waals surface area contributed by atoms with Gasteiger partial charge in [-0.05, 0) is 68.4 Å². The van der Waals surface area contributed by atoms with Crippen LogP contribution in [-0.4, -0.2) is 83.6 Å². The number of hydrogen-bond donors (Lipinski definition) is 3. The molecule has 50 heavy (non-hydrogen) atoms. The van der Waals surface area contributed by atoms with Crippen molar-refractivity contribution in [1.29, 1.82) is 0 Å². The highest BCUT2D eigenvalue weighted by molar-refractivity contribution is 6.05. The van der Waals surface area contributed by atoms with Crippen molar-refractivity contribution in [3.05, 3.63) is 54.0 Å². The standard InChI is InChI=1S/C38H50FN3O8/c1-5-9-29(41-35(43)38(13-14-38)36(44)45)25-10-11-32(28(39)20-25)50-31-12-15-40-30-22-34(33(47-4)21-27(30)31)49-18-8-16-42-17-19-48-26(24-42)23-37(46,6-2)7-3/h10-12,15,20-22,26,29,46H,5-9,13-14,16-19,23-24H2,1-4H3,(H,41,43)(H,44,45). The number of carbonyl (C=O) groups is 2. The van der Waals surface area contributed by atoms with Gasteiger partial charge in [-0.3, -0.25) is 19.5 Å². The Morgan fingerprint density at radius 2 is 1.90 bits per heavy atom. The molecule has 2 aliphatic rings. The zero-order chi connectivity index (χ0) is 35.9. The summed E-state index contributed by atoms with van der Waals surface area (Å²) in [5.41, 5.74) is -0.954. The van der Waals surface area contributed by atoms with Gasteiger partial charge in [-0.2, -0.15) is 0 Å². The number of benzene rings is 2. The fourth-order valence-corrected chi connectivity index (χ4v) is 6.53. The molecule has 1 aliphatic heterocycles. The van der Waals surface area contributed by atoms with Crippen LogP contribution in [-0.2, 0) is 14.3 Å². The van der Waals surface area contributed by atoms with E-state index >= 15 is 4.39 Å². The predicted molar refractivity (Wildman–Crippen MR) is 186 cm³/mol. The number of aromatic nitrogens is 1. The molecule has 12 heteroatoms. The van der Waals surface area contributed by atoms with E-state index in [9.17, 15) is 19.8 Å². The minimum absolute atomic E-state index is 0.00858. The van der Waals surface area contributed by atoms with Crippen LogP contribution >= 0.6 is 0 Å². The number of carboxylic acids is 1. The van der Waals surface area contributed by atoms with Crippen molar-refractivity contribution in [2.24, 2.45) is 5.41 Å². The van der Waals surface area contributed by atoms with Crippen LogP contribution in [0.25, 0.3) is 10.9 Å². The average molecular weight is 696 g/mol. The number of nitrogens with one attached hydrogen (secondary N) is 1. The highest BCUT2D eigenvalue weighted by Gasteiger charge is 2.57. The average Bonchev–Trinajstić information content (AvgIpc) is 3.93. The van der Waals surface area contributed by atoms with Gasteiger partial charge < -0.3 is 34.5 Å². The molecule has 0 spiro atoms. The molecule has 5 rings (SSSR count). The first-order chi connectivity index (χ1) is 24.0. The monoisotopic (exact) mass is 695 g/mol. The number of aliphatic hydroxyl groups is 1. The number of rotatable bonds is 18. The number of methoxy groups -OCH3 is 1. The van der Waals surface area contributed by atoms with E-state index in [-0.39, 0.29) is 11.9 Å². The lowest BCUT2D eigenvalue weighted by Crippen LogP contribution is -2.46. The number of amides is 1. The van der Waals surface area contributed by atoms with Crippen molar-refractivity contribution in [1.82, 2.24) is 15.2 Å². The minimum Gasteiger partial charge on any atom is -0.493 e. The predicted octanol–water partition coefficient (Wildman–Crippen LogP) is 6.41. The van der Waals surface area contributed by atoms with E-state index in [0.717, 1.165) is 26.1 Å². The number of pyridine rings is 1. The van der Waals surface area contributed by atoms with Crippen LogP contribution in [0.1, 0.15) is 83.7 Å². The second-order valence-corrected chi connectivity index (χ2v) is 13.5. The number of carboxylic acid groups (broad SMARTS) is 1. The Morgan fingerprint density at radius 1 is 1.12 bits per heavy atom. The lowest BCUT2D eigenvalue weighted by atomic mass is 9.90. The Hall–Kier alpha value is -4.00. The SMILES string of the molecule is CCCC(NC(=O)C1(C(=O)O)CC1)c1ccc(Oc2ccnc3cc(OCCCN4CCOC(CC(O)(CC)CC)C4)c(OC)cc23)c(F)c1. The zero-order valence-electron chi connectivity index (χ0n) is 29.5. The second kappa shape index (κ2) is 16.3. The summed E-state index contributed by atoms with van der Waals surface area (Å²) in [6.45, 7) is 9.52. The smallest absolute Gasteiger partial charge is 0.319 e. The Bertz CT molecular complexity index is 1640. The summed E-state index contributed by atoms with van der Waals surface area (Å²) < 4.78 is 39.3. The van der Waals surface area contributed by atoms with Gasteiger partial charge in [0.15, 0.2) is 23.1 Å². The number of fused-ring (bicyclic) bond motifs is 1. The number of carbonyl (C=O) groups excluding carboxylic acids is 1. The van der Waals surface area contributed by atoms with Gasteiger partial charge in [0.2, 0.25) is 5.91 Å². The Morgan fingerprint density at radius 3 is 2.56 bits per heavy atom. The summed E-state index contributed by atoms with van der Waals surface area (Å²) in [5.74, 6) is -0.892. The van der Waals surface area contributed by atoms with E-state index in [2.05, 4.69) is 15.2 Å². The van der Waals surface area contributed by atoms with E-state index in [1.165, 1.54) is 12.1 Å². The number of halogens is 1. The molecule has 3 aromatic rings. The molecule has 1 amide bonds. The lowest BCUT2D eigenvalue weighted by molar-refractivity contribution is -0.149. The Kier molecular flexibility index (Phi) is 12.2. The third-order valence-electron chi connectivity index (χ3n) is 10.1. The molecule has 272 valence electrons. The van der Waals surface area contributed by atoms with Crippen LogP contribution in [0.15, 0.2) is 42.6 Å². The quantitative estimate of drug-likeness (QED) is 0.101. The van der Waals surface area contributed by atoms with E-state index in [1.54, 1.807) is 37.6 Å². The van der Waals surface area contributed by atoms with Crippen molar-refractivity contribution in [3.8, 4) is 23.0 Å². The van der Waals surface area contributed by atoms with Crippen molar-refractivity contribution < 1.29 is 43.1 Å². The molecule has 1 aromatic heterocycles. The van der Waals surface area contributed by atoms with Gasteiger partial charge in [-0.25, -0.2) is 4.39 Å². The molecule has 1 saturated heterocycles. The van der Waals surface area contributed by atoms with Crippen LogP contribution in [0.3, 0.4) is 0 Å². The summed E-state index contributed by atoms with van der Waals surface area (Å²) in [5, 5.41) is 23.7. The summed E-state index contributed by atoms with van der Waals surface area (Å²) in [6, 6.07) is 9.17. The maximum atomic E-state index is 15.5. The third kappa shape index (κ3) is 8.65. The molecular formula is C38H50FN3O8. The number of nitrogens with zero attached hydrogens (tertiary/aromatic N) is 2. The maximum absolute atomic E-state index is 15.5. The van der Waals surface area contributed by atoms with E-state index in [1.807, 2.05) is 20.8 Å². The second-order valence-electron chi connectivity index (χ2n) is 13.5. The number of aliphatic carboxylic acids is 1. The van der Waals surface area contributed by atoms with Gasteiger partial charge in [-0.1, -0.05) is 33.3 Å². The highest BCUT2D eigenvalue weighted by Crippen LogP contribution is 2.47. The summed E-state index contributed by atoms with van der Waals surface area (Å²) in [4.78, 5) is 31.2. The Balaban J connectivity index is 1.22. The summed E-state index contributed by atoms with van der Waals surface area (Å²) >= 11 is 0. The molecule has 2 heterocycles. The maximum Gasteiger partial charge on any atom is 0.319 e. The van der Waals surface area contributed by atoms with Crippen LogP contribution in [0.5, 0.6) is 23.0 Å². The van der Waals surface area contributed by atoms with Gasteiger partial charge in [0, 0.05) is 43.7 Å². The topological polar surface area (TPSA) is 140 Å². The highest BCUT2D eigenvalue weighted by atomic mass is 19.1. The van der Waals surface area contributed by atoms with E-state index < -0.39 is 34.8 Å². The van der Waals surface area contributed by atoms with E-state index in [0.29, 0.717) is 91.9 Å². The first kappa shape index (κ1) is 37.3. The fourth-order valence-electron chi connectivity index (χ4n) is 6.53. The van der Waals surface area contributed by atoms with Crippen molar-refractivity contribution in [3.63, 3.8) is 0 Å². The van der Waals surface area contributed by atoms with Gasteiger partial charge in [0.25, 0.3) is 0 Å². The Labute approximate surface area is 293 Å². The first-order valence-corrected chi connectivity index (χ1v) is 17.7. The molecule has 1 saturated carbocycles. The van der Waals surface area contributed by atoms with Crippen molar-refractivity contribution in [2.75, 3.05) is 40.0 Å². The molecular weight excluding hydrogens is 645 g/mol. The van der Waals surface area contributed by atoms with Gasteiger partial charge >= 0.3 is 5.97 Å². The number of morpholine rings is 1. The van der Waals surface area contributed by atoms with Gasteiger partial charge in [0.05, 0.1) is 43.6 Å². The minimum atomic E-state index is -1.38. The van der Waals surface area contributed by atoms with Crippen LogP contribution in [0, 0.1) is 11.2 Å². The normalized spacial score (nSPS) is 18.0. The molecule has 3 N–H and O–H groups in total. The molecule has 1 aliphatic carbocycles. The van der Waals surface area contributed by atoms with Crippen molar-refractivity contribution >= 4 is 22.8 Å². The molecule has 0 radical (unpaired) electrons. The lowest BCUT2D eigenvalue weighted by Gasteiger charge is -2.37. The van der Waals surface area contributed by atoms with Crippen LogP contribution in [0.2, 0.25) is 0 Å². The van der Waals surface area contributed by atoms with Crippen molar-refractivity contribution in [2.45, 2.75) is 89.9 Å². The summed E-state index contributed by atoms with van der Waals surface area (Å²) in [7, 11) is 1.55.